The molecule has 1 atom stereocenters. The summed E-state index contributed by atoms with van der Waals surface area (Å²) in [6.45, 7) is 5.86. The summed E-state index contributed by atoms with van der Waals surface area (Å²) in [6, 6.07) is 7.58. The fourth-order valence-electron chi connectivity index (χ4n) is 2.74. The van der Waals surface area contributed by atoms with Crippen LogP contribution in [0.4, 0.5) is 0 Å². The first kappa shape index (κ1) is 18.0. The zero-order chi connectivity index (χ0) is 17.4. The van der Waals surface area contributed by atoms with Crippen LogP contribution in [0.5, 0.6) is 5.75 Å². The van der Waals surface area contributed by atoms with Gasteiger partial charge in [-0.05, 0) is 50.5 Å². The number of benzene rings is 1. The lowest BCUT2D eigenvalue weighted by molar-refractivity contribution is -0.150. The van der Waals surface area contributed by atoms with E-state index in [1.165, 1.54) is 0 Å². The van der Waals surface area contributed by atoms with Crippen molar-refractivity contribution in [3.05, 3.63) is 35.9 Å². The highest BCUT2D eigenvalue weighted by Crippen LogP contribution is 2.19. The molecule has 0 bridgehead atoms. The van der Waals surface area contributed by atoms with Crippen molar-refractivity contribution in [1.82, 2.24) is 4.90 Å². The van der Waals surface area contributed by atoms with E-state index in [1.54, 1.807) is 24.0 Å². The molecule has 1 aromatic carbocycles. The summed E-state index contributed by atoms with van der Waals surface area (Å²) in [6.07, 6.45) is 4.95. The Balaban J connectivity index is 1.92. The molecule has 0 radical (unpaired) electrons. The second-order valence-corrected chi connectivity index (χ2v) is 5.71. The van der Waals surface area contributed by atoms with Gasteiger partial charge in [-0.3, -0.25) is 9.59 Å². The maximum absolute atomic E-state index is 12.3. The first-order valence-electron chi connectivity index (χ1n) is 8.50. The van der Waals surface area contributed by atoms with Crippen LogP contribution >= 0.6 is 0 Å². The van der Waals surface area contributed by atoms with E-state index in [1.807, 2.05) is 31.2 Å². The number of nitrogens with zero attached hydrogens (tertiary/aromatic N) is 1. The van der Waals surface area contributed by atoms with Crippen molar-refractivity contribution < 1.29 is 19.1 Å². The standard InChI is InChI=1S/C19H25NO4/c1-3-23-17-10-7-15(8-11-17)9-12-18(21)20-13-5-6-16(14-20)19(22)24-4-2/h7-12,16H,3-6,13-14H2,1-2H3. The number of rotatable bonds is 6. The molecule has 2 rings (SSSR count). The van der Waals surface area contributed by atoms with E-state index < -0.39 is 0 Å². The Morgan fingerprint density at radius 3 is 2.62 bits per heavy atom. The number of hydrogen-bond donors (Lipinski definition) is 0. The van der Waals surface area contributed by atoms with E-state index in [4.69, 9.17) is 9.47 Å². The number of hydrogen-bond acceptors (Lipinski definition) is 4. The minimum absolute atomic E-state index is 0.0714. The van der Waals surface area contributed by atoms with Gasteiger partial charge in [-0.15, -0.1) is 0 Å². The Labute approximate surface area is 143 Å². The lowest BCUT2D eigenvalue weighted by Gasteiger charge is -2.30. The molecule has 0 saturated carbocycles. The molecule has 5 nitrogen and oxygen atoms in total. The minimum Gasteiger partial charge on any atom is -0.494 e. The Morgan fingerprint density at radius 1 is 1.21 bits per heavy atom. The number of carbonyl (C=O) groups excluding carboxylic acids is 2. The summed E-state index contributed by atoms with van der Waals surface area (Å²) in [7, 11) is 0. The van der Waals surface area contributed by atoms with Gasteiger partial charge in [-0.1, -0.05) is 12.1 Å². The van der Waals surface area contributed by atoms with Crippen molar-refractivity contribution in [3.8, 4) is 5.75 Å². The quantitative estimate of drug-likeness (QED) is 0.594. The Hall–Kier alpha value is -2.30. The molecule has 1 amide bonds. The number of esters is 1. The summed E-state index contributed by atoms with van der Waals surface area (Å²) in [5.41, 5.74) is 0.936. The molecule has 1 aromatic rings. The van der Waals surface area contributed by atoms with Crippen molar-refractivity contribution in [2.75, 3.05) is 26.3 Å². The average molecular weight is 331 g/mol. The molecule has 1 aliphatic rings. The molecule has 1 saturated heterocycles. The largest absolute Gasteiger partial charge is 0.494 e. The van der Waals surface area contributed by atoms with E-state index in [-0.39, 0.29) is 17.8 Å². The maximum Gasteiger partial charge on any atom is 0.310 e. The Kier molecular flexibility index (Phi) is 6.85. The monoisotopic (exact) mass is 331 g/mol. The van der Waals surface area contributed by atoms with Gasteiger partial charge in [0.1, 0.15) is 5.75 Å². The van der Waals surface area contributed by atoms with Crippen molar-refractivity contribution in [1.29, 1.82) is 0 Å². The van der Waals surface area contributed by atoms with Crippen LogP contribution < -0.4 is 4.74 Å². The number of amides is 1. The van der Waals surface area contributed by atoms with E-state index in [9.17, 15) is 9.59 Å². The van der Waals surface area contributed by atoms with Crippen LogP contribution in [0.3, 0.4) is 0 Å². The van der Waals surface area contributed by atoms with Crippen LogP contribution in [0, 0.1) is 5.92 Å². The van der Waals surface area contributed by atoms with Gasteiger partial charge in [0.25, 0.3) is 0 Å². The van der Waals surface area contributed by atoms with Crippen LogP contribution in [-0.4, -0.2) is 43.1 Å². The summed E-state index contributed by atoms with van der Waals surface area (Å²) < 4.78 is 10.5. The molecular weight excluding hydrogens is 306 g/mol. The number of ether oxygens (including phenoxy) is 2. The third kappa shape index (κ3) is 5.11. The van der Waals surface area contributed by atoms with Crippen molar-refractivity contribution in [2.45, 2.75) is 26.7 Å². The van der Waals surface area contributed by atoms with Gasteiger partial charge in [-0.25, -0.2) is 0 Å². The smallest absolute Gasteiger partial charge is 0.310 e. The van der Waals surface area contributed by atoms with Crippen molar-refractivity contribution in [3.63, 3.8) is 0 Å². The molecule has 1 unspecified atom stereocenters. The van der Waals surface area contributed by atoms with E-state index >= 15 is 0 Å². The van der Waals surface area contributed by atoms with Gasteiger partial charge in [0.15, 0.2) is 0 Å². The van der Waals surface area contributed by atoms with Gasteiger partial charge in [-0.2, -0.15) is 0 Å². The molecule has 130 valence electrons. The van der Waals surface area contributed by atoms with Crippen LogP contribution in [0.1, 0.15) is 32.3 Å². The van der Waals surface area contributed by atoms with E-state index in [0.717, 1.165) is 24.2 Å². The second kappa shape index (κ2) is 9.11. The van der Waals surface area contributed by atoms with Gasteiger partial charge in [0.05, 0.1) is 19.1 Å². The number of likely N-dealkylation sites (tertiary alicyclic amines) is 1. The molecular formula is C19H25NO4. The zero-order valence-electron chi connectivity index (χ0n) is 14.4. The maximum atomic E-state index is 12.3. The first-order valence-corrected chi connectivity index (χ1v) is 8.50. The number of piperidine rings is 1. The van der Waals surface area contributed by atoms with Crippen LogP contribution in [0.15, 0.2) is 30.3 Å². The average Bonchev–Trinajstić information content (AvgIpc) is 2.61. The highest BCUT2D eigenvalue weighted by Gasteiger charge is 2.28. The molecule has 1 heterocycles. The Bertz CT molecular complexity index is 580. The van der Waals surface area contributed by atoms with Gasteiger partial charge < -0.3 is 14.4 Å². The van der Waals surface area contributed by atoms with Crippen LogP contribution in [0.25, 0.3) is 6.08 Å². The van der Waals surface area contributed by atoms with Crippen molar-refractivity contribution >= 4 is 18.0 Å². The molecule has 0 N–H and O–H groups in total. The number of carbonyl (C=O) groups is 2. The Morgan fingerprint density at radius 2 is 1.96 bits per heavy atom. The summed E-state index contributed by atoms with van der Waals surface area (Å²) in [4.78, 5) is 25.9. The highest BCUT2D eigenvalue weighted by atomic mass is 16.5. The van der Waals surface area contributed by atoms with Crippen molar-refractivity contribution in [2.24, 2.45) is 5.92 Å². The van der Waals surface area contributed by atoms with E-state index in [2.05, 4.69) is 0 Å². The van der Waals surface area contributed by atoms with E-state index in [0.29, 0.717) is 26.3 Å². The normalized spacial score (nSPS) is 17.8. The topological polar surface area (TPSA) is 55.8 Å². The molecule has 1 fully saturated rings. The molecule has 24 heavy (non-hydrogen) atoms. The molecule has 0 aromatic heterocycles. The molecule has 0 spiro atoms. The zero-order valence-corrected chi connectivity index (χ0v) is 14.4. The summed E-state index contributed by atoms with van der Waals surface area (Å²) in [5, 5.41) is 0. The predicted molar refractivity (Wildman–Crippen MR) is 92.6 cm³/mol. The molecule has 5 heteroatoms. The van der Waals surface area contributed by atoms with Crippen LogP contribution in [0.2, 0.25) is 0 Å². The van der Waals surface area contributed by atoms with Gasteiger partial charge >= 0.3 is 5.97 Å². The fourth-order valence-corrected chi connectivity index (χ4v) is 2.74. The molecule has 0 aliphatic carbocycles. The molecule has 1 aliphatic heterocycles. The van der Waals surface area contributed by atoms with Crippen LogP contribution in [-0.2, 0) is 14.3 Å². The summed E-state index contributed by atoms with van der Waals surface area (Å²) in [5.74, 6) is 0.333. The third-order valence-electron chi connectivity index (χ3n) is 3.96. The summed E-state index contributed by atoms with van der Waals surface area (Å²) >= 11 is 0. The fraction of sp³-hybridized carbons (Fsp3) is 0.474. The lowest BCUT2D eigenvalue weighted by Crippen LogP contribution is -2.42. The highest BCUT2D eigenvalue weighted by molar-refractivity contribution is 5.92. The van der Waals surface area contributed by atoms with Gasteiger partial charge in [0.2, 0.25) is 5.91 Å². The van der Waals surface area contributed by atoms with Gasteiger partial charge in [0, 0.05) is 19.2 Å². The minimum atomic E-state index is -0.207. The SMILES string of the molecule is CCOC(=O)C1CCCN(C(=O)C=Cc2ccc(OCC)cc2)C1. The first-order chi connectivity index (χ1) is 11.6. The predicted octanol–water partition coefficient (Wildman–Crippen LogP) is 2.90. The second-order valence-electron chi connectivity index (χ2n) is 5.71. The third-order valence-corrected chi connectivity index (χ3v) is 3.96. The lowest BCUT2D eigenvalue weighted by atomic mass is 9.98.